The SMILES string of the molecule is CNC(c1cc(F)c(F)cc1F)c1cc(Br)sc1Br. The van der Waals surface area contributed by atoms with Gasteiger partial charge in [0.2, 0.25) is 0 Å². The van der Waals surface area contributed by atoms with E-state index in [2.05, 4.69) is 37.2 Å². The monoisotopic (exact) mass is 413 g/mol. The van der Waals surface area contributed by atoms with Gasteiger partial charge in [-0.1, -0.05) is 0 Å². The summed E-state index contributed by atoms with van der Waals surface area (Å²) in [4.78, 5) is 0. The molecule has 1 aromatic carbocycles. The number of halogens is 5. The van der Waals surface area contributed by atoms with Gasteiger partial charge in [0.1, 0.15) is 5.82 Å². The third kappa shape index (κ3) is 3.04. The molecule has 0 amide bonds. The van der Waals surface area contributed by atoms with Crippen molar-refractivity contribution in [1.29, 1.82) is 0 Å². The lowest BCUT2D eigenvalue weighted by Gasteiger charge is -2.17. The highest BCUT2D eigenvalue weighted by Crippen LogP contribution is 2.38. The highest BCUT2D eigenvalue weighted by Gasteiger charge is 2.22. The third-order valence-electron chi connectivity index (χ3n) is 2.63. The number of hydrogen-bond acceptors (Lipinski definition) is 2. The van der Waals surface area contributed by atoms with Gasteiger partial charge in [0.05, 0.1) is 13.6 Å². The first kappa shape index (κ1) is 15.0. The summed E-state index contributed by atoms with van der Waals surface area (Å²) in [6, 6.07) is 2.68. The van der Waals surface area contributed by atoms with E-state index in [9.17, 15) is 13.2 Å². The lowest BCUT2D eigenvalue weighted by atomic mass is 10.0. The topological polar surface area (TPSA) is 12.0 Å². The van der Waals surface area contributed by atoms with Gasteiger partial charge in [0.15, 0.2) is 11.6 Å². The molecule has 0 saturated heterocycles. The van der Waals surface area contributed by atoms with Crippen molar-refractivity contribution in [3.8, 4) is 0 Å². The Kier molecular flexibility index (Phi) is 4.70. The normalized spacial score (nSPS) is 12.7. The smallest absolute Gasteiger partial charge is 0.161 e. The van der Waals surface area contributed by atoms with Gasteiger partial charge < -0.3 is 5.32 Å². The zero-order valence-electron chi connectivity index (χ0n) is 9.61. The summed E-state index contributed by atoms with van der Waals surface area (Å²) in [5.41, 5.74) is 0.816. The van der Waals surface area contributed by atoms with Gasteiger partial charge in [-0.2, -0.15) is 0 Å². The van der Waals surface area contributed by atoms with Gasteiger partial charge in [-0.05, 0) is 56.6 Å². The van der Waals surface area contributed by atoms with E-state index < -0.39 is 23.5 Å². The molecule has 0 aliphatic carbocycles. The lowest BCUT2D eigenvalue weighted by Crippen LogP contribution is -2.19. The standard InChI is InChI=1S/C12H8Br2F3NS/c1-18-11(6-3-10(13)19-12(6)14)5-2-8(16)9(17)4-7(5)15/h2-4,11,18H,1H3. The summed E-state index contributed by atoms with van der Waals surface area (Å²) in [7, 11) is 1.63. The zero-order chi connectivity index (χ0) is 14.2. The maximum absolute atomic E-state index is 13.8. The molecule has 0 aliphatic rings. The van der Waals surface area contributed by atoms with Gasteiger partial charge in [-0.3, -0.25) is 0 Å². The van der Waals surface area contributed by atoms with Gasteiger partial charge in [-0.25, -0.2) is 13.2 Å². The van der Waals surface area contributed by atoms with Crippen LogP contribution in [0.3, 0.4) is 0 Å². The number of rotatable bonds is 3. The predicted octanol–water partition coefficient (Wildman–Crippen LogP) is 5.00. The molecule has 0 saturated carbocycles. The van der Waals surface area contributed by atoms with Crippen LogP contribution in [0.15, 0.2) is 25.8 Å². The van der Waals surface area contributed by atoms with E-state index >= 15 is 0 Å². The summed E-state index contributed by atoms with van der Waals surface area (Å²) in [6.07, 6.45) is 0. The van der Waals surface area contributed by atoms with Gasteiger partial charge >= 0.3 is 0 Å². The fourth-order valence-electron chi connectivity index (χ4n) is 1.79. The van der Waals surface area contributed by atoms with Crippen molar-refractivity contribution >= 4 is 43.2 Å². The van der Waals surface area contributed by atoms with E-state index in [0.29, 0.717) is 6.07 Å². The van der Waals surface area contributed by atoms with E-state index in [0.717, 1.165) is 19.2 Å². The molecule has 0 aliphatic heterocycles. The minimum Gasteiger partial charge on any atom is -0.309 e. The van der Waals surface area contributed by atoms with Gasteiger partial charge in [-0.15, -0.1) is 11.3 Å². The molecule has 102 valence electrons. The summed E-state index contributed by atoms with van der Waals surface area (Å²) < 4.78 is 41.7. The molecule has 2 rings (SSSR count). The van der Waals surface area contributed by atoms with Crippen molar-refractivity contribution in [1.82, 2.24) is 5.32 Å². The zero-order valence-corrected chi connectivity index (χ0v) is 13.6. The van der Waals surface area contributed by atoms with Gasteiger partial charge in [0, 0.05) is 11.6 Å². The van der Waals surface area contributed by atoms with Gasteiger partial charge in [0.25, 0.3) is 0 Å². The van der Waals surface area contributed by atoms with Crippen molar-refractivity contribution in [2.24, 2.45) is 0 Å². The van der Waals surface area contributed by atoms with E-state index in [-0.39, 0.29) is 5.56 Å². The highest BCUT2D eigenvalue weighted by molar-refractivity contribution is 9.12. The lowest BCUT2D eigenvalue weighted by molar-refractivity contribution is 0.483. The molecule has 1 heterocycles. The second-order valence-electron chi connectivity index (χ2n) is 3.79. The van der Waals surface area contributed by atoms with Crippen LogP contribution in [0.25, 0.3) is 0 Å². The Hall–Kier alpha value is -0.370. The molecular formula is C12H8Br2F3NS. The Balaban J connectivity index is 2.54. The molecule has 0 radical (unpaired) electrons. The molecule has 7 heteroatoms. The average Bonchev–Trinajstić information content (AvgIpc) is 2.66. The molecular weight excluding hydrogens is 407 g/mol. The van der Waals surface area contributed by atoms with Crippen molar-refractivity contribution in [3.63, 3.8) is 0 Å². The average molecular weight is 415 g/mol. The van der Waals surface area contributed by atoms with Crippen LogP contribution < -0.4 is 5.32 Å². The van der Waals surface area contributed by atoms with Crippen LogP contribution in [-0.4, -0.2) is 7.05 Å². The summed E-state index contributed by atoms with van der Waals surface area (Å²) in [5, 5.41) is 2.90. The first-order valence-electron chi connectivity index (χ1n) is 5.20. The number of nitrogens with one attached hydrogen (secondary N) is 1. The van der Waals surface area contributed by atoms with Crippen LogP contribution in [0.2, 0.25) is 0 Å². The Labute approximate surface area is 129 Å². The van der Waals surface area contributed by atoms with Crippen molar-refractivity contribution in [2.75, 3.05) is 7.05 Å². The van der Waals surface area contributed by atoms with Crippen molar-refractivity contribution in [3.05, 3.63) is 54.4 Å². The van der Waals surface area contributed by atoms with E-state index in [1.165, 1.54) is 11.3 Å². The molecule has 1 unspecified atom stereocenters. The number of benzene rings is 1. The van der Waals surface area contributed by atoms with E-state index in [1.807, 2.05) is 0 Å². The van der Waals surface area contributed by atoms with Crippen LogP contribution in [0.1, 0.15) is 17.2 Å². The highest BCUT2D eigenvalue weighted by atomic mass is 79.9. The molecule has 1 aromatic heterocycles. The Morgan fingerprint density at radius 2 is 1.63 bits per heavy atom. The Morgan fingerprint density at radius 1 is 1.00 bits per heavy atom. The van der Waals surface area contributed by atoms with Crippen LogP contribution >= 0.6 is 43.2 Å². The van der Waals surface area contributed by atoms with Crippen molar-refractivity contribution < 1.29 is 13.2 Å². The second-order valence-corrected chi connectivity index (χ2v) is 7.54. The largest absolute Gasteiger partial charge is 0.309 e. The molecule has 1 atom stereocenters. The number of thiophene rings is 1. The maximum Gasteiger partial charge on any atom is 0.161 e. The van der Waals surface area contributed by atoms with Crippen LogP contribution in [0.5, 0.6) is 0 Å². The van der Waals surface area contributed by atoms with Crippen LogP contribution in [-0.2, 0) is 0 Å². The molecule has 2 aromatic rings. The maximum atomic E-state index is 13.8. The summed E-state index contributed by atoms with van der Waals surface area (Å²) >= 11 is 8.13. The van der Waals surface area contributed by atoms with Crippen molar-refractivity contribution in [2.45, 2.75) is 6.04 Å². The number of hydrogen-bond donors (Lipinski definition) is 1. The first-order chi connectivity index (χ1) is 8.93. The summed E-state index contributed by atoms with van der Waals surface area (Å²) in [6.45, 7) is 0. The Morgan fingerprint density at radius 3 is 2.16 bits per heavy atom. The second kappa shape index (κ2) is 5.95. The fraction of sp³-hybridized carbons (Fsp3) is 0.167. The minimum atomic E-state index is -1.19. The molecule has 0 bridgehead atoms. The predicted molar refractivity (Wildman–Crippen MR) is 76.9 cm³/mol. The molecule has 19 heavy (non-hydrogen) atoms. The first-order valence-corrected chi connectivity index (χ1v) is 7.60. The fourth-order valence-corrected chi connectivity index (χ4v) is 4.69. The third-order valence-corrected chi connectivity index (χ3v) is 5.02. The van der Waals surface area contributed by atoms with Crippen LogP contribution in [0.4, 0.5) is 13.2 Å². The van der Waals surface area contributed by atoms with E-state index in [1.54, 1.807) is 13.1 Å². The molecule has 1 nitrogen and oxygen atoms in total. The van der Waals surface area contributed by atoms with E-state index in [4.69, 9.17) is 0 Å². The quantitative estimate of drug-likeness (QED) is 0.697. The Bertz CT molecular complexity index is 615. The van der Waals surface area contributed by atoms with Crippen LogP contribution in [0, 0.1) is 17.5 Å². The molecule has 1 N–H and O–H groups in total. The molecule has 0 fully saturated rings. The minimum absolute atomic E-state index is 0.0624. The molecule has 0 spiro atoms. The summed E-state index contributed by atoms with van der Waals surface area (Å²) in [5.74, 6) is -3.05.